The third-order valence-corrected chi connectivity index (χ3v) is 1.79. The fourth-order valence-corrected chi connectivity index (χ4v) is 1.20. The summed E-state index contributed by atoms with van der Waals surface area (Å²) in [5, 5.41) is 8.72. The van der Waals surface area contributed by atoms with Crippen LogP contribution >= 0.6 is 11.5 Å². The highest BCUT2D eigenvalue weighted by Crippen LogP contribution is 2.10. The van der Waals surface area contributed by atoms with Gasteiger partial charge in [0, 0.05) is 18.0 Å². The summed E-state index contributed by atoms with van der Waals surface area (Å²) in [7, 11) is 0. The van der Waals surface area contributed by atoms with Crippen LogP contribution in [0.2, 0.25) is 0 Å². The molecule has 0 amide bonds. The molecule has 1 aromatic heterocycles. The number of carboxylic acids is 1. The summed E-state index contributed by atoms with van der Waals surface area (Å²) in [5.41, 5.74) is 2.39. The number of hydrogen-bond acceptors (Lipinski definition) is 6. The van der Waals surface area contributed by atoms with Gasteiger partial charge in [-0.25, -0.2) is 15.3 Å². The van der Waals surface area contributed by atoms with E-state index in [1.165, 1.54) is 0 Å². The molecule has 7 heteroatoms. The Hall–Kier alpha value is -1.21. The molecule has 2 N–H and O–H groups in total. The Balaban J connectivity index is 2.32. The molecule has 0 saturated heterocycles. The van der Waals surface area contributed by atoms with Crippen LogP contribution in [-0.2, 0) is 16.1 Å². The van der Waals surface area contributed by atoms with Crippen LogP contribution in [0, 0.1) is 0 Å². The van der Waals surface area contributed by atoms with Gasteiger partial charge < -0.3 is 5.11 Å². The summed E-state index contributed by atoms with van der Waals surface area (Å²) in [6, 6.07) is 0. The molecular formula is C6H9N3O3S. The Morgan fingerprint density at radius 1 is 1.77 bits per heavy atom. The monoisotopic (exact) mass is 203 g/mol. The lowest BCUT2D eigenvalue weighted by molar-refractivity contribution is -0.141. The van der Waals surface area contributed by atoms with Crippen molar-refractivity contribution in [3.63, 3.8) is 0 Å². The Morgan fingerprint density at radius 2 is 2.54 bits per heavy atom. The van der Waals surface area contributed by atoms with Gasteiger partial charge in [0.2, 0.25) is 5.13 Å². The van der Waals surface area contributed by atoms with E-state index in [0.29, 0.717) is 11.0 Å². The number of carboxylic acid groups (broad SMARTS) is 1. The Bertz CT molecular complexity index is 288. The van der Waals surface area contributed by atoms with E-state index in [9.17, 15) is 4.79 Å². The minimum Gasteiger partial charge on any atom is -0.479 e. The van der Waals surface area contributed by atoms with Gasteiger partial charge in [0.15, 0.2) is 6.61 Å². The second kappa shape index (κ2) is 4.73. The molecule has 72 valence electrons. The molecule has 6 nitrogen and oxygen atoms in total. The number of nitrogens with zero attached hydrogens (tertiary/aromatic N) is 2. The van der Waals surface area contributed by atoms with Gasteiger partial charge in [-0.15, -0.1) is 0 Å². The Labute approximate surface area is 78.7 Å². The molecule has 13 heavy (non-hydrogen) atoms. The first-order chi connectivity index (χ1) is 6.22. The van der Waals surface area contributed by atoms with Crippen molar-refractivity contribution in [2.75, 3.05) is 12.1 Å². The topological polar surface area (TPSA) is 84.3 Å². The van der Waals surface area contributed by atoms with Crippen LogP contribution in [0.15, 0.2) is 0 Å². The van der Waals surface area contributed by atoms with Crippen molar-refractivity contribution >= 4 is 22.6 Å². The average Bonchev–Trinajstić information content (AvgIpc) is 2.52. The summed E-state index contributed by atoms with van der Waals surface area (Å²) < 4.78 is 3.97. The molecule has 1 aromatic rings. The van der Waals surface area contributed by atoms with E-state index < -0.39 is 12.6 Å². The van der Waals surface area contributed by atoms with Crippen molar-refractivity contribution in [3.8, 4) is 0 Å². The Kier molecular flexibility index (Phi) is 3.59. The predicted octanol–water partition coefficient (Wildman–Crippen LogP) is 0.529. The molecule has 0 aliphatic rings. The highest BCUT2D eigenvalue weighted by molar-refractivity contribution is 7.09. The second-order valence-corrected chi connectivity index (χ2v) is 2.91. The largest absolute Gasteiger partial charge is 0.479 e. The molecular weight excluding hydrogens is 194 g/mol. The van der Waals surface area contributed by atoms with Crippen LogP contribution in [0.25, 0.3) is 0 Å². The number of nitrogens with one attached hydrogen (secondary N) is 1. The van der Waals surface area contributed by atoms with Gasteiger partial charge in [-0.2, -0.15) is 4.37 Å². The van der Waals surface area contributed by atoms with Gasteiger partial charge >= 0.3 is 5.97 Å². The number of aliphatic carboxylic acids is 1. The Morgan fingerprint density at radius 3 is 3.08 bits per heavy atom. The molecule has 0 aliphatic heterocycles. The van der Waals surface area contributed by atoms with Gasteiger partial charge in [0.25, 0.3) is 0 Å². The fourth-order valence-electron chi connectivity index (χ4n) is 0.599. The van der Waals surface area contributed by atoms with Gasteiger partial charge in [-0.3, -0.25) is 4.84 Å². The summed E-state index contributed by atoms with van der Waals surface area (Å²) >= 11 is 1.14. The van der Waals surface area contributed by atoms with Crippen LogP contribution in [0.4, 0.5) is 5.13 Å². The number of aromatic nitrogens is 2. The minimum atomic E-state index is -1.03. The quantitative estimate of drug-likeness (QED) is 0.679. The highest BCUT2D eigenvalue weighted by Gasteiger charge is 2.02. The van der Waals surface area contributed by atoms with Crippen LogP contribution in [0.3, 0.4) is 0 Å². The van der Waals surface area contributed by atoms with E-state index in [1.54, 1.807) is 0 Å². The van der Waals surface area contributed by atoms with Crippen LogP contribution in [-0.4, -0.2) is 27.0 Å². The van der Waals surface area contributed by atoms with Crippen molar-refractivity contribution < 1.29 is 14.7 Å². The first kappa shape index (κ1) is 9.87. The van der Waals surface area contributed by atoms with E-state index in [1.807, 2.05) is 6.92 Å². The molecule has 1 rings (SSSR count). The van der Waals surface area contributed by atoms with Crippen molar-refractivity contribution in [2.24, 2.45) is 0 Å². The summed E-state index contributed by atoms with van der Waals surface area (Å²) in [6.45, 7) is 1.53. The van der Waals surface area contributed by atoms with Crippen molar-refractivity contribution in [1.29, 1.82) is 0 Å². The number of hydrogen-bond donors (Lipinski definition) is 2. The van der Waals surface area contributed by atoms with E-state index in [2.05, 4.69) is 19.7 Å². The lowest BCUT2D eigenvalue weighted by Crippen LogP contribution is -2.11. The van der Waals surface area contributed by atoms with E-state index in [4.69, 9.17) is 5.11 Å². The average molecular weight is 203 g/mol. The third-order valence-electron chi connectivity index (χ3n) is 1.14. The number of rotatable bonds is 5. The predicted molar refractivity (Wildman–Crippen MR) is 46.5 cm³/mol. The molecule has 1 heterocycles. The number of carbonyl (C=O) groups is 1. The molecule has 0 aromatic carbocycles. The maximum atomic E-state index is 10.1. The van der Waals surface area contributed by atoms with Crippen molar-refractivity contribution in [3.05, 3.63) is 5.82 Å². The summed E-state index contributed by atoms with van der Waals surface area (Å²) in [4.78, 5) is 18.7. The maximum absolute atomic E-state index is 10.1. The highest BCUT2D eigenvalue weighted by atomic mass is 32.1. The first-order valence-corrected chi connectivity index (χ1v) is 4.42. The zero-order chi connectivity index (χ0) is 9.68. The SMILES string of the molecule is CCc1nsc(NOCC(=O)O)n1. The van der Waals surface area contributed by atoms with E-state index in [0.717, 1.165) is 18.0 Å². The van der Waals surface area contributed by atoms with Crippen LogP contribution in [0.1, 0.15) is 12.7 Å². The van der Waals surface area contributed by atoms with Gasteiger partial charge in [-0.1, -0.05) is 6.92 Å². The molecule has 0 radical (unpaired) electrons. The van der Waals surface area contributed by atoms with Gasteiger partial charge in [-0.05, 0) is 0 Å². The van der Waals surface area contributed by atoms with Gasteiger partial charge in [0.05, 0.1) is 0 Å². The summed E-state index contributed by atoms with van der Waals surface area (Å²) in [5.74, 6) is -0.320. The molecule has 0 fully saturated rings. The third kappa shape index (κ3) is 3.34. The van der Waals surface area contributed by atoms with Crippen molar-refractivity contribution in [1.82, 2.24) is 9.36 Å². The summed E-state index contributed by atoms with van der Waals surface area (Å²) in [6.07, 6.45) is 0.747. The van der Waals surface area contributed by atoms with Crippen LogP contribution < -0.4 is 5.48 Å². The minimum absolute atomic E-state index is 0.402. The standard InChI is InChI=1S/C6H9N3O3S/c1-2-4-7-6(13-9-4)8-12-3-5(10)11/h2-3H2,1H3,(H,10,11)(H,7,8,9). The van der Waals surface area contributed by atoms with Crippen LogP contribution in [0.5, 0.6) is 0 Å². The van der Waals surface area contributed by atoms with E-state index in [-0.39, 0.29) is 0 Å². The maximum Gasteiger partial charge on any atom is 0.332 e. The zero-order valence-corrected chi connectivity index (χ0v) is 7.80. The number of aryl methyl sites for hydroxylation is 1. The zero-order valence-electron chi connectivity index (χ0n) is 6.98. The molecule has 0 saturated carbocycles. The normalized spacial score (nSPS) is 9.92. The first-order valence-electron chi connectivity index (χ1n) is 3.64. The lowest BCUT2D eigenvalue weighted by Gasteiger charge is -1.97. The lowest BCUT2D eigenvalue weighted by atomic mass is 10.5. The van der Waals surface area contributed by atoms with Crippen molar-refractivity contribution in [2.45, 2.75) is 13.3 Å². The molecule has 0 aliphatic carbocycles. The van der Waals surface area contributed by atoms with E-state index >= 15 is 0 Å². The second-order valence-electron chi connectivity index (χ2n) is 2.15. The molecule has 0 spiro atoms. The molecule has 0 unspecified atom stereocenters. The fraction of sp³-hybridized carbons (Fsp3) is 0.500. The number of anilines is 1. The van der Waals surface area contributed by atoms with Gasteiger partial charge in [0.1, 0.15) is 5.82 Å². The molecule has 0 bridgehead atoms. The smallest absolute Gasteiger partial charge is 0.332 e. The molecule has 0 atom stereocenters.